The van der Waals surface area contributed by atoms with Crippen LogP contribution in [0.1, 0.15) is 18.7 Å². The zero-order valence-corrected chi connectivity index (χ0v) is 11.0. The van der Waals surface area contributed by atoms with Crippen molar-refractivity contribution in [1.82, 2.24) is 5.32 Å². The molecule has 0 spiro atoms. The summed E-state index contributed by atoms with van der Waals surface area (Å²) in [5, 5.41) is 5.43. The van der Waals surface area contributed by atoms with Gasteiger partial charge in [0.15, 0.2) is 0 Å². The third kappa shape index (κ3) is 5.10. The van der Waals surface area contributed by atoms with E-state index in [-0.39, 0.29) is 0 Å². The summed E-state index contributed by atoms with van der Waals surface area (Å²) in [5.41, 5.74) is 0. The zero-order valence-electron chi connectivity index (χ0n) is 8.55. The van der Waals surface area contributed by atoms with E-state index in [1.165, 1.54) is 4.88 Å². The predicted molar refractivity (Wildman–Crippen MR) is 64.8 cm³/mol. The Bertz CT molecular complexity index is 262. The van der Waals surface area contributed by atoms with E-state index in [4.69, 9.17) is 4.74 Å². The molecule has 1 aromatic rings. The first-order valence-electron chi connectivity index (χ1n) is 4.73. The van der Waals surface area contributed by atoms with Gasteiger partial charge in [-0.05, 0) is 35.8 Å². The molecule has 0 aliphatic carbocycles. The normalized spacial score (nSPS) is 11.1. The average Bonchev–Trinajstić information content (AvgIpc) is 2.50. The summed E-state index contributed by atoms with van der Waals surface area (Å²) < 4.78 is 6.58. The van der Waals surface area contributed by atoms with E-state index in [1.807, 2.05) is 0 Å². The van der Waals surface area contributed by atoms with Gasteiger partial charge in [0.25, 0.3) is 0 Å². The monoisotopic (exact) mass is 277 g/mol. The Labute approximate surface area is 97.8 Å². The first-order valence-corrected chi connectivity index (χ1v) is 6.41. The van der Waals surface area contributed by atoms with Crippen LogP contribution in [-0.4, -0.2) is 19.3 Å². The Morgan fingerprint density at radius 2 is 2.36 bits per heavy atom. The fourth-order valence-corrected chi connectivity index (χ4v) is 2.45. The summed E-state index contributed by atoms with van der Waals surface area (Å²) in [4.78, 5) is 1.35. The number of hydrogen-bond acceptors (Lipinski definition) is 3. The number of nitrogens with one attached hydrogen (secondary N) is 1. The van der Waals surface area contributed by atoms with Gasteiger partial charge >= 0.3 is 0 Å². The Kier molecular flexibility index (Phi) is 5.70. The van der Waals surface area contributed by atoms with Crippen LogP contribution in [0.2, 0.25) is 0 Å². The highest BCUT2D eigenvalue weighted by Crippen LogP contribution is 2.19. The molecule has 1 aromatic heterocycles. The molecule has 0 radical (unpaired) electrons. The van der Waals surface area contributed by atoms with Crippen molar-refractivity contribution in [2.24, 2.45) is 0 Å². The topological polar surface area (TPSA) is 21.3 Å². The zero-order chi connectivity index (χ0) is 10.4. The van der Waals surface area contributed by atoms with Crippen LogP contribution in [0.3, 0.4) is 0 Å². The van der Waals surface area contributed by atoms with Crippen molar-refractivity contribution in [1.29, 1.82) is 0 Å². The van der Waals surface area contributed by atoms with Gasteiger partial charge in [-0.1, -0.05) is 0 Å². The maximum absolute atomic E-state index is 5.42. The maximum Gasteiger partial charge on any atom is 0.0594 e. The van der Waals surface area contributed by atoms with E-state index in [9.17, 15) is 0 Å². The van der Waals surface area contributed by atoms with Crippen LogP contribution >= 0.6 is 27.3 Å². The first kappa shape index (κ1) is 12.2. The second-order valence-corrected chi connectivity index (χ2v) is 5.24. The molecule has 0 aliphatic rings. The summed E-state index contributed by atoms with van der Waals surface area (Å²) in [5.74, 6) is 0. The summed E-state index contributed by atoms with van der Waals surface area (Å²) in [6.45, 7) is 6.72. The van der Waals surface area contributed by atoms with Crippen LogP contribution in [0.25, 0.3) is 0 Å². The highest BCUT2D eigenvalue weighted by Gasteiger charge is 1.97. The van der Waals surface area contributed by atoms with Crippen LogP contribution in [0, 0.1) is 0 Å². The number of thiophene rings is 1. The minimum Gasteiger partial charge on any atom is -0.377 e. The van der Waals surface area contributed by atoms with Crippen molar-refractivity contribution in [2.75, 3.05) is 13.2 Å². The van der Waals surface area contributed by atoms with Crippen molar-refractivity contribution in [3.05, 3.63) is 20.8 Å². The molecule has 1 heterocycles. The van der Waals surface area contributed by atoms with Gasteiger partial charge in [-0.25, -0.2) is 0 Å². The SMILES string of the molecule is CC(C)OCCNCc1cc(Br)cs1. The van der Waals surface area contributed by atoms with Crippen LogP contribution in [0.4, 0.5) is 0 Å². The molecule has 1 N–H and O–H groups in total. The molecule has 4 heteroatoms. The van der Waals surface area contributed by atoms with Gasteiger partial charge in [0, 0.05) is 27.8 Å². The van der Waals surface area contributed by atoms with Gasteiger partial charge < -0.3 is 10.1 Å². The van der Waals surface area contributed by atoms with Gasteiger partial charge in [0.1, 0.15) is 0 Å². The number of hydrogen-bond donors (Lipinski definition) is 1. The molecular weight excluding hydrogens is 262 g/mol. The van der Waals surface area contributed by atoms with Crippen LogP contribution < -0.4 is 5.32 Å². The van der Waals surface area contributed by atoms with Crippen molar-refractivity contribution in [3.63, 3.8) is 0 Å². The number of halogens is 1. The van der Waals surface area contributed by atoms with E-state index in [0.717, 1.165) is 24.2 Å². The Hall–Kier alpha value is 0.1000. The van der Waals surface area contributed by atoms with E-state index in [2.05, 4.69) is 46.5 Å². The largest absolute Gasteiger partial charge is 0.377 e. The second-order valence-electron chi connectivity index (χ2n) is 3.33. The second kappa shape index (κ2) is 6.56. The van der Waals surface area contributed by atoms with Gasteiger partial charge in [-0.3, -0.25) is 0 Å². The quantitative estimate of drug-likeness (QED) is 0.808. The first-order chi connectivity index (χ1) is 6.68. The van der Waals surface area contributed by atoms with Crippen molar-refractivity contribution in [3.8, 4) is 0 Å². The summed E-state index contributed by atoms with van der Waals surface area (Å²) in [6, 6.07) is 2.14. The van der Waals surface area contributed by atoms with Gasteiger partial charge in [-0.2, -0.15) is 0 Å². The lowest BCUT2D eigenvalue weighted by molar-refractivity contribution is 0.0807. The molecule has 14 heavy (non-hydrogen) atoms. The Morgan fingerprint density at radius 1 is 1.57 bits per heavy atom. The molecule has 0 aliphatic heterocycles. The van der Waals surface area contributed by atoms with Gasteiger partial charge in [-0.15, -0.1) is 11.3 Å². The molecule has 0 amide bonds. The van der Waals surface area contributed by atoms with E-state index in [0.29, 0.717) is 6.10 Å². The molecule has 0 fully saturated rings. The third-order valence-electron chi connectivity index (χ3n) is 1.65. The lowest BCUT2D eigenvalue weighted by atomic mass is 10.4. The molecule has 2 nitrogen and oxygen atoms in total. The van der Waals surface area contributed by atoms with Crippen LogP contribution in [0.5, 0.6) is 0 Å². The number of rotatable bonds is 6. The third-order valence-corrected chi connectivity index (χ3v) is 3.35. The summed E-state index contributed by atoms with van der Waals surface area (Å²) >= 11 is 5.20. The summed E-state index contributed by atoms with van der Waals surface area (Å²) in [7, 11) is 0. The van der Waals surface area contributed by atoms with E-state index >= 15 is 0 Å². The molecule has 0 bridgehead atoms. The van der Waals surface area contributed by atoms with Crippen molar-refractivity contribution in [2.45, 2.75) is 26.5 Å². The molecule has 80 valence electrons. The molecule has 0 saturated carbocycles. The fourth-order valence-electron chi connectivity index (χ4n) is 1.02. The molecule has 0 saturated heterocycles. The smallest absolute Gasteiger partial charge is 0.0594 e. The molecular formula is C10H16BrNOS. The van der Waals surface area contributed by atoms with Crippen molar-refractivity contribution < 1.29 is 4.74 Å². The van der Waals surface area contributed by atoms with Crippen LogP contribution in [-0.2, 0) is 11.3 Å². The standard InChI is InChI=1S/C10H16BrNOS/c1-8(2)13-4-3-12-6-10-5-9(11)7-14-10/h5,7-8,12H,3-4,6H2,1-2H3. The predicted octanol–water partition coefficient (Wildman–Crippen LogP) is 3.03. The van der Waals surface area contributed by atoms with Crippen LogP contribution in [0.15, 0.2) is 15.9 Å². The highest BCUT2D eigenvalue weighted by atomic mass is 79.9. The van der Waals surface area contributed by atoms with Gasteiger partial charge in [0.05, 0.1) is 12.7 Å². The molecule has 0 aromatic carbocycles. The van der Waals surface area contributed by atoms with E-state index < -0.39 is 0 Å². The summed E-state index contributed by atoms with van der Waals surface area (Å²) in [6.07, 6.45) is 0.327. The number of ether oxygens (including phenoxy) is 1. The van der Waals surface area contributed by atoms with Gasteiger partial charge in [0.2, 0.25) is 0 Å². The average molecular weight is 278 g/mol. The van der Waals surface area contributed by atoms with Crippen molar-refractivity contribution >= 4 is 27.3 Å². The molecule has 0 unspecified atom stereocenters. The Morgan fingerprint density at radius 3 is 2.93 bits per heavy atom. The fraction of sp³-hybridized carbons (Fsp3) is 0.600. The molecule has 1 rings (SSSR count). The minimum absolute atomic E-state index is 0.327. The maximum atomic E-state index is 5.42. The highest BCUT2D eigenvalue weighted by molar-refractivity contribution is 9.10. The van der Waals surface area contributed by atoms with E-state index in [1.54, 1.807) is 11.3 Å². The minimum atomic E-state index is 0.327. The Balaban J connectivity index is 2.04. The lowest BCUT2D eigenvalue weighted by Crippen LogP contribution is -2.20. The lowest BCUT2D eigenvalue weighted by Gasteiger charge is -2.07. The molecule has 0 atom stereocenters.